The van der Waals surface area contributed by atoms with E-state index in [0.717, 1.165) is 11.1 Å². The zero-order chi connectivity index (χ0) is 18.8. The van der Waals surface area contributed by atoms with Gasteiger partial charge in [0.15, 0.2) is 5.78 Å². The van der Waals surface area contributed by atoms with E-state index >= 15 is 0 Å². The third kappa shape index (κ3) is 5.45. The number of amidine groups is 1. The first-order chi connectivity index (χ1) is 11.5. The number of nitrogens with zero attached hydrogens (tertiary/aromatic N) is 1. The number of Topliss-reactive ketones (excluding diaryl/α,β-unsaturated/α-hetero) is 1. The normalized spacial score (nSPS) is 15.1. The molecular formula is C20H31ClN2O3. The van der Waals surface area contributed by atoms with Gasteiger partial charge in [0, 0.05) is 16.7 Å². The van der Waals surface area contributed by atoms with Crippen LogP contribution in [0.4, 0.5) is 0 Å². The van der Waals surface area contributed by atoms with Crippen LogP contribution in [-0.2, 0) is 15.6 Å². The van der Waals surface area contributed by atoms with Crippen LogP contribution in [0.5, 0.6) is 5.75 Å². The molecule has 2 rings (SSSR count). The van der Waals surface area contributed by atoms with Crippen LogP contribution in [0, 0.1) is 0 Å². The molecule has 0 spiro atoms. The van der Waals surface area contributed by atoms with Crippen molar-refractivity contribution >= 4 is 24.0 Å². The van der Waals surface area contributed by atoms with Crippen molar-refractivity contribution < 1.29 is 14.6 Å². The van der Waals surface area contributed by atoms with Crippen LogP contribution in [-0.4, -0.2) is 43.0 Å². The zero-order valence-corrected chi connectivity index (χ0v) is 17.4. The second-order valence-electron chi connectivity index (χ2n) is 8.58. The van der Waals surface area contributed by atoms with Crippen LogP contribution in [0.15, 0.2) is 17.1 Å². The van der Waals surface area contributed by atoms with Crippen LogP contribution >= 0.6 is 12.4 Å². The lowest BCUT2D eigenvalue weighted by molar-refractivity contribution is 0.0994. The fraction of sp³-hybridized carbons (Fsp3) is 0.600. The summed E-state index contributed by atoms with van der Waals surface area (Å²) in [7, 11) is 0. The van der Waals surface area contributed by atoms with Crippen LogP contribution in [0.1, 0.15) is 63.0 Å². The number of ketones is 1. The molecule has 5 nitrogen and oxygen atoms in total. The number of carbonyl (C=O) groups is 1. The number of aromatic hydroxyl groups is 1. The summed E-state index contributed by atoms with van der Waals surface area (Å²) in [6.45, 7) is 14.1. The first-order valence-electron chi connectivity index (χ1n) is 8.76. The minimum Gasteiger partial charge on any atom is -0.507 e. The highest BCUT2D eigenvalue weighted by Crippen LogP contribution is 2.39. The smallest absolute Gasteiger partial charge is 0.181 e. The molecule has 0 amide bonds. The summed E-state index contributed by atoms with van der Waals surface area (Å²) in [5.74, 6) is 0.976. The van der Waals surface area contributed by atoms with E-state index in [0.29, 0.717) is 31.2 Å². The lowest BCUT2D eigenvalue weighted by Crippen LogP contribution is -2.35. The molecule has 0 unspecified atom stereocenters. The Labute approximate surface area is 162 Å². The molecule has 0 aromatic heterocycles. The van der Waals surface area contributed by atoms with Crippen molar-refractivity contribution in [3.05, 3.63) is 28.8 Å². The molecule has 0 atom stereocenters. The van der Waals surface area contributed by atoms with E-state index in [2.05, 4.69) is 10.3 Å². The molecule has 1 aliphatic heterocycles. The van der Waals surface area contributed by atoms with Crippen molar-refractivity contribution in [1.82, 2.24) is 5.32 Å². The SMILES string of the molecule is CC(C)(C)c1cc(C(=O)CNC2=NCCOC2)cc(C(C)(C)C)c1O.Cl. The quantitative estimate of drug-likeness (QED) is 0.783. The van der Waals surface area contributed by atoms with E-state index in [4.69, 9.17) is 4.74 Å². The minimum atomic E-state index is -0.255. The van der Waals surface area contributed by atoms with Gasteiger partial charge < -0.3 is 15.2 Å². The maximum atomic E-state index is 12.7. The maximum absolute atomic E-state index is 12.7. The monoisotopic (exact) mass is 382 g/mol. The second kappa shape index (κ2) is 8.40. The van der Waals surface area contributed by atoms with Gasteiger partial charge in [0.05, 0.1) is 19.7 Å². The van der Waals surface area contributed by atoms with E-state index in [9.17, 15) is 9.90 Å². The fourth-order valence-corrected chi connectivity index (χ4v) is 2.79. The Bertz CT molecular complexity index is 650. The molecule has 26 heavy (non-hydrogen) atoms. The Morgan fingerprint density at radius 3 is 2.12 bits per heavy atom. The molecule has 0 bridgehead atoms. The number of hydrogen-bond acceptors (Lipinski definition) is 5. The van der Waals surface area contributed by atoms with Gasteiger partial charge in [-0.3, -0.25) is 9.79 Å². The second-order valence-corrected chi connectivity index (χ2v) is 8.58. The number of nitrogens with one attached hydrogen (secondary N) is 1. The Kier molecular flexibility index (Phi) is 7.25. The van der Waals surface area contributed by atoms with Crippen molar-refractivity contribution in [1.29, 1.82) is 0 Å². The molecule has 146 valence electrons. The van der Waals surface area contributed by atoms with E-state index in [-0.39, 0.29) is 41.3 Å². The number of aliphatic imine (C=N–C) groups is 1. The topological polar surface area (TPSA) is 70.9 Å². The third-order valence-corrected chi connectivity index (χ3v) is 4.28. The summed E-state index contributed by atoms with van der Waals surface area (Å²) in [5, 5.41) is 13.8. The van der Waals surface area contributed by atoms with Gasteiger partial charge >= 0.3 is 0 Å². The van der Waals surface area contributed by atoms with Crippen LogP contribution < -0.4 is 5.32 Å². The Balaban J connectivity index is 0.00000338. The number of phenolic OH excluding ortho intramolecular Hbond substituents is 1. The number of halogens is 1. The Hall–Kier alpha value is -1.59. The van der Waals surface area contributed by atoms with Crippen LogP contribution in [0.3, 0.4) is 0 Å². The van der Waals surface area contributed by atoms with Crippen LogP contribution in [0.2, 0.25) is 0 Å². The summed E-state index contributed by atoms with van der Waals surface area (Å²) in [6, 6.07) is 3.63. The highest BCUT2D eigenvalue weighted by atomic mass is 35.5. The molecule has 1 aromatic rings. The highest BCUT2D eigenvalue weighted by molar-refractivity contribution is 6.00. The molecule has 0 aliphatic carbocycles. The average molecular weight is 383 g/mol. The van der Waals surface area contributed by atoms with Gasteiger partial charge in [-0.2, -0.15) is 0 Å². The first-order valence-corrected chi connectivity index (χ1v) is 8.76. The van der Waals surface area contributed by atoms with Gasteiger partial charge in [-0.05, 0) is 23.0 Å². The molecule has 0 radical (unpaired) electrons. The van der Waals surface area contributed by atoms with E-state index < -0.39 is 0 Å². The van der Waals surface area contributed by atoms with E-state index in [1.807, 2.05) is 53.7 Å². The molecule has 1 aromatic carbocycles. The molecule has 1 aliphatic rings. The van der Waals surface area contributed by atoms with E-state index in [1.165, 1.54) is 0 Å². The highest BCUT2D eigenvalue weighted by Gasteiger charge is 2.27. The number of rotatable bonds is 3. The predicted octanol–water partition coefficient (Wildman–Crippen LogP) is 3.61. The fourth-order valence-electron chi connectivity index (χ4n) is 2.79. The molecule has 0 fully saturated rings. The largest absolute Gasteiger partial charge is 0.507 e. The molecule has 0 saturated carbocycles. The predicted molar refractivity (Wildman–Crippen MR) is 108 cm³/mol. The number of phenols is 1. The molecule has 0 saturated heterocycles. The maximum Gasteiger partial charge on any atom is 0.181 e. The lowest BCUT2D eigenvalue weighted by atomic mass is 9.78. The molecule has 2 N–H and O–H groups in total. The first kappa shape index (κ1) is 22.5. The Morgan fingerprint density at radius 1 is 1.15 bits per heavy atom. The van der Waals surface area contributed by atoms with Crippen LogP contribution in [0.25, 0.3) is 0 Å². The lowest BCUT2D eigenvalue weighted by Gasteiger charge is -2.28. The zero-order valence-electron chi connectivity index (χ0n) is 16.6. The van der Waals surface area contributed by atoms with Gasteiger partial charge in [0.25, 0.3) is 0 Å². The van der Waals surface area contributed by atoms with E-state index in [1.54, 1.807) is 0 Å². The summed E-state index contributed by atoms with van der Waals surface area (Å²) >= 11 is 0. The summed E-state index contributed by atoms with van der Waals surface area (Å²) in [4.78, 5) is 17.0. The van der Waals surface area contributed by atoms with Gasteiger partial charge in [-0.15, -0.1) is 12.4 Å². The number of hydrogen-bond donors (Lipinski definition) is 2. The molecule has 1 heterocycles. The van der Waals surface area contributed by atoms with Crippen molar-refractivity contribution in [2.24, 2.45) is 4.99 Å². The van der Waals surface area contributed by atoms with Crippen molar-refractivity contribution in [3.8, 4) is 5.75 Å². The Morgan fingerprint density at radius 2 is 1.69 bits per heavy atom. The average Bonchev–Trinajstić information content (AvgIpc) is 2.51. The van der Waals surface area contributed by atoms with Crippen molar-refractivity contribution in [2.75, 3.05) is 26.3 Å². The van der Waals surface area contributed by atoms with Crippen molar-refractivity contribution in [2.45, 2.75) is 52.4 Å². The number of benzene rings is 1. The minimum absolute atomic E-state index is 0. The molecular weight excluding hydrogens is 352 g/mol. The van der Waals surface area contributed by atoms with Crippen molar-refractivity contribution in [3.63, 3.8) is 0 Å². The number of ether oxygens (including phenoxy) is 1. The molecule has 6 heteroatoms. The number of carbonyl (C=O) groups excluding carboxylic acids is 1. The van der Waals surface area contributed by atoms with Gasteiger partial charge in [0.1, 0.15) is 18.2 Å². The van der Waals surface area contributed by atoms with Gasteiger partial charge in [-0.25, -0.2) is 0 Å². The van der Waals surface area contributed by atoms with Gasteiger partial charge in [-0.1, -0.05) is 41.5 Å². The summed E-state index contributed by atoms with van der Waals surface area (Å²) in [6.07, 6.45) is 0. The summed E-state index contributed by atoms with van der Waals surface area (Å²) < 4.78 is 5.33. The third-order valence-electron chi connectivity index (χ3n) is 4.28. The van der Waals surface area contributed by atoms with Gasteiger partial charge in [0.2, 0.25) is 0 Å². The standard InChI is InChI=1S/C20H30N2O3.ClH/c1-19(2,3)14-9-13(10-15(18(14)24)20(4,5)6)16(23)11-22-17-12-25-8-7-21-17;/h9-10,24H,7-8,11-12H2,1-6H3,(H,21,22);1H. The summed E-state index contributed by atoms with van der Waals surface area (Å²) in [5.41, 5.74) is 1.69.